The predicted molar refractivity (Wildman–Crippen MR) is 134 cm³/mol. The molecule has 0 aromatic heterocycles. The van der Waals surface area contributed by atoms with E-state index in [0.717, 1.165) is 5.69 Å². The molecule has 1 heterocycles. The number of hydrogen-bond donors (Lipinski definition) is 1. The van der Waals surface area contributed by atoms with Crippen LogP contribution in [0.5, 0.6) is 0 Å². The summed E-state index contributed by atoms with van der Waals surface area (Å²) in [7, 11) is 0. The third kappa shape index (κ3) is 4.06. The molecule has 1 atom stereocenters. The zero-order valence-electron chi connectivity index (χ0n) is 19.5. The highest BCUT2D eigenvalue weighted by atomic mass is 16.2. The average Bonchev–Trinajstić information content (AvgIpc) is 2.89. The molecule has 3 aromatic carbocycles. The summed E-state index contributed by atoms with van der Waals surface area (Å²) in [4.78, 5) is 45.2. The van der Waals surface area contributed by atoms with E-state index in [0.29, 0.717) is 17.1 Å². The molecule has 1 aliphatic heterocycles. The molecule has 0 saturated heterocycles. The second-order valence-corrected chi connectivity index (χ2v) is 8.75. The maximum Gasteiger partial charge on any atom is 0.261 e. The summed E-state index contributed by atoms with van der Waals surface area (Å²) < 4.78 is 0. The fourth-order valence-electron chi connectivity index (χ4n) is 4.22. The number of para-hydroxylation sites is 4. The highest BCUT2D eigenvalue weighted by Crippen LogP contribution is 2.39. The highest BCUT2D eigenvalue weighted by molar-refractivity contribution is 6.26. The SMILES string of the molecule is CC(C)N(C(=O)CN1C(=O)C(C)(N)C(=O)N(c2ccccc2)c2ccccc21)c1ccccc1. The Hall–Kier alpha value is -3.97. The van der Waals surface area contributed by atoms with Crippen LogP contribution in [0.25, 0.3) is 0 Å². The molecule has 4 rings (SSSR count). The van der Waals surface area contributed by atoms with Crippen LogP contribution in [0.4, 0.5) is 22.7 Å². The number of nitrogens with two attached hydrogens (primary N) is 1. The van der Waals surface area contributed by atoms with Crippen LogP contribution in [-0.4, -0.2) is 35.8 Å². The molecule has 0 fully saturated rings. The molecule has 3 aromatic rings. The molecule has 0 saturated carbocycles. The zero-order valence-corrected chi connectivity index (χ0v) is 19.5. The molecular formula is C27H28N4O3. The van der Waals surface area contributed by atoms with Crippen LogP contribution in [0.1, 0.15) is 20.8 Å². The summed E-state index contributed by atoms with van der Waals surface area (Å²) >= 11 is 0. The van der Waals surface area contributed by atoms with E-state index in [-0.39, 0.29) is 18.5 Å². The van der Waals surface area contributed by atoms with Crippen LogP contribution in [0.15, 0.2) is 84.9 Å². The number of benzene rings is 3. The quantitative estimate of drug-likeness (QED) is 0.591. The van der Waals surface area contributed by atoms with Gasteiger partial charge >= 0.3 is 0 Å². The maximum atomic E-state index is 13.7. The largest absolute Gasteiger partial charge is 0.310 e. The number of carbonyl (C=O) groups is 3. The van der Waals surface area contributed by atoms with Crippen LogP contribution >= 0.6 is 0 Å². The van der Waals surface area contributed by atoms with Crippen molar-refractivity contribution in [2.24, 2.45) is 5.73 Å². The number of anilines is 4. The van der Waals surface area contributed by atoms with E-state index in [1.165, 1.54) is 16.7 Å². The van der Waals surface area contributed by atoms with Gasteiger partial charge in [0, 0.05) is 17.4 Å². The summed E-state index contributed by atoms with van der Waals surface area (Å²) in [5.74, 6) is -1.47. The minimum atomic E-state index is -1.87. The lowest BCUT2D eigenvalue weighted by atomic mass is 10.00. The second-order valence-electron chi connectivity index (χ2n) is 8.75. The number of carbonyl (C=O) groups excluding carboxylic acids is 3. The number of hydrogen-bond acceptors (Lipinski definition) is 4. The van der Waals surface area contributed by atoms with Crippen molar-refractivity contribution in [2.45, 2.75) is 32.4 Å². The molecule has 7 heteroatoms. The van der Waals surface area contributed by atoms with Gasteiger partial charge < -0.3 is 10.6 Å². The van der Waals surface area contributed by atoms with Gasteiger partial charge in [-0.25, -0.2) is 0 Å². The van der Waals surface area contributed by atoms with Gasteiger partial charge in [-0.15, -0.1) is 0 Å². The Morgan fingerprint density at radius 3 is 1.97 bits per heavy atom. The van der Waals surface area contributed by atoms with Gasteiger partial charge in [0.2, 0.25) is 5.91 Å². The molecule has 0 aliphatic carbocycles. The monoisotopic (exact) mass is 456 g/mol. The van der Waals surface area contributed by atoms with Crippen molar-refractivity contribution < 1.29 is 14.4 Å². The van der Waals surface area contributed by atoms with E-state index in [1.807, 2.05) is 62.4 Å². The highest BCUT2D eigenvalue weighted by Gasteiger charge is 2.48. The van der Waals surface area contributed by atoms with Crippen molar-refractivity contribution in [3.63, 3.8) is 0 Å². The molecule has 7 nitrogen and oxygen atoms in total. The lowest BCUT2D eigenvalue weighted by Crippen LogP contribution is -2.61. The molecule has 3 amide bonds. The third-order valence-corrected chi connectivity index (χ3v) is 5.88. The maximum absolute atomic E-state index is 13.7. The van der Waals surface area contributed by atoms with Crippen molar-refractivity contribution >= 4 is 40.5 Å². The predicted octanol–water partition coefficient (Wildman–Crippen LogP) is 3.86. The Labute approximate surface area is 199 Å². The first-order valence-electron chi connectivity index (χ1n) is 11.2. The Balaban J connectivity index is 1.81. The van der Waals surface area contributed by atoms with Crippen LogP contribution in [-0.2, 0) is 14.4 Å². The minimum Gasteiger partial charge on any atom is -0.310 e. The Morgan fingerprint density at radius 1 is 0.853 bits per heavy atom. The fourth-order valence-corrected chi connectivity index (χ4v) is 4.22. The lowest BCUT2D eigenvalue weighted by molar-refractivity contribution is -0.133. The average molecular weight is 457 g/mol. The van der Waals surface area contributed by atoms with Gasteiger partial charge in [0.1, 0.15) is 6.54 Å². The lowest BCUT2D eigenvalue weighted by Gasteiger charge is -2.32. The Morgan fingerprint density at radius 2 is 1.38 bits per heavy atom. The van der Waals surface area contributed by atoms with E-state index in [2.05, 4.69) is 0 Å². The minimum absolute atomic E-state index is 0.140. The Kier molecular flexibility index (Phi) is 6.22. The standard InChI is InChI=1S/C27H28N4O3/c1-19(2)30(20-12-6-4-7-13-20)24(32)18-29-22-16-10-11-17-23(22)31(21-14-8-5-9-15-21)26(34)27(3,28)25(29)33/h4-17,19H,18,28H2,1-3H3. The van der Waals surface area contributed by atoms with Crippen LogP contribution in [0.3, 0.4) is 0 Å². The number of fused-ring (bicyclic) bond motifs is 1. The number of rotatable bonds is 5. The second kappa shape index (κ2) is 9.11. The van der Waals surface area contributed by atoms with Crippen molar-refractivity contribution in [1.82, 2.24) is 0 Å². The van der Waals surface area contributed by atoms with E-state index in [4.69, 9.17) is 5.73 Å². The molecule has 174 valence electrons. The molecule has 1 aliphatic rings. The molecule has 0 bridgehead atoms. The molecule has 0 radical (unpaired) electrons. The van der Waals surface area contributed by atoms with Gasteiger partial charge in [0.15, 0.2) is 5.54 Å². The Bertz CT molecular complexity index is 1210. The van der Waals surface area contributed by atoms with Gasteiger partial charge in [0.05, 0.1) is 11.4 Å². The normalized spacial score (nSPS) is 18.0. The van der Waals surface area contributed by atoms with Crippen LogP contribution < -0.4 is 20.4 Å². The number of amides is 3. The smallest absolute Gasteiger partial charge is 0.261 e. The third-order valence-electron chi connectivity index (χ3n) is 5.88. The molecule has 34 heavy (non-hydrogen) atoms. The van der Waals surface area contributed by atoms with Crippen LogP contribution in [0, 0.1) is 0 Å². The van der Waals surface area contributed by atoms with Gasteiger partial charge in [-0.05, 0) is 57.2 Å². The first-order valence-corrected chi connectivity index (χ1v) is 11.2. The summed E-state index contributed by atoms with van der Waals surface area (Å²) in [6.07, 6.45) is 0. The van der Waals surface area contributed by atoms with E-state index in [9.17, 15) is 14.4 Å². The molecule has 2 N–H and O–H groups in total. The van der Waals surface area contributed by atoms with E-state index >= 15 is 0 Å². The van der Waals surface area contributed by atoms with Crippen molar-refractivity contribution in [3.05, 3.63) is 84.9 Å². The van der Waals surface area contributed by atoms with Gasteiger partial charge in [-0.3, -0.25) is 24.2 Å². The van der Waals surface area contributed by atoms with E-state index in [1.54, 1.807) is 41.3 Å². The summed E-state index contributed by atoms with van der Waals surface area (Å²) in [5, 5.41) is 0. The van der Waals surface area contributed by atoms with Crippen molar-refractivity contribution in [1.29, 1.82) is 0 Å². The van der Waals surface area contributed by atoms with Gasteiger partial charge in [0.25, 0.3) is 11.8 Å². The molecular weight excluding hydrogens is 428 g/mol. The van der Waals surface area contributed by atoms with Gasteiger partial charge in [-0.2, -0.15) is 0 Å². The first-order chi connectivity index (χ1) is 16.2. The summed E-state index contributed by atoms with van der Waals surface area (Å²) in [5.41, 5.74) is 6.77. The van der Waals surface area contributed by atoms with Crippen molar-refractivity contribution in [2.75, 3.05) is 21.2 Å². The first kappa shape index (κ1) is 23.2. The topological polar surface area (TPSA) is 87.0 Å². The molecule has 1 unspecified atom stereocenters. The van der Waals surface area contributed by atoms with Gasteiger partial charge in [-0.1, -0.05) is 48.5 Å². The zero-order chi connectivity index (χ0) is 24.5. The number of nitrogens with zero attached hydrogens (tertiary/aromatic N) is 3. The van der Waals surface area contributed by atoms with E-state index < -0.39 is 17.4 Å². The summed E-state index contributed by atoms with van der Waals surface area (Å²) in [6, 6.07) is 25.2. The summed E-state index contributed by atoms with van der Waals surface area (Å²) in [6.45, 7) is 4.97. The molecule has 0 spiro atoms. The van der Waals surface area contributed by atoms with Crippen LogP contribution in [0.2, 0.25) is 0 Å². The fraction of sp³-hybridized carbons (Fsp3) is 0.222. The van der Waals surface area contributed by atoms with Crippen molar-refractivity contribution in [3.8, 4) is 0 Å².